The van der Waals surface area contributed by atoms with Crippen LogP contribution in [-0.2, 0) is 42.9 Å². The molecule has 0 bridgehead atoms. The number of fused-ring (bicyclic) bond motifs is 4. The van der Waals surface area contributed by atoms with E-state index in [4.69, 9.17) is 0 Å². The number of amides is 4. The van der Waals surface area contributed by atoms with Gasteiger partial charge in [0.05, 0.1) is 17.6 Å². The molecule has 4 aromatic rings. The molecule has 278 valence electrons. The number of nitrogens with one attached hydrogen (secondary N) is 3. The predicted octanol–water partition coefficient (Wildman–Crippen LogP) is 1.35. The summed E-state index contributed by atoms with van der Waals surface area (Å²) < 4.78 is 45.3. The number of imidazole rings is 1. The van der Waals surface area contributed by atoms with Crippen LogP contribution in [0.2, 0.25) is 0 Å². The number of likely N-dealkylation sites (tertiary alicyclic amines) is 1. The lowest BCUT2D eigenvalue weighted by Crippen LogP contribution is -2.48. The van der Waals surface area contributed by atoms with Crippen molar-refractivity contribution in [3.05, 3.63) is 58.3 Å². The minimum atomic E-state index is -4.34. The summed E-state index contributed by atoms with van der Waals surface area (Å²) in [5, 5.41) is 16.0. The van der Waals surface area contributed by atoms with E-state index in [1.807, 2.05) is 12.1 Å². The number of carbonyl (C=O) groups is 4. The van der Waals surface area contributed by atoms with Crippen LogP contribution in [0.4, 0.5) is 21.5 Å². The zero-order chi connectivity index (χ0) is 37.3. The Morgan fingerprint density at radius 2 is 1.77 bits per heavy atom. The molecule has 16 nitrogen and oxygen atoms in total. The van der Waals surface area contributed by atoms with E-state index < -0.39 is 51.9 Å². The Kier molecular flexibility index (Phi) is 8.40. The molecule has 4 aliphatic heterocycles. The maximum Gasteiger partial charge on any atom is 0.329 e. The highest BCUT2D eigenvalue weighted by Crippen LogP contribution is 2.40. The van der Waals surface area contributed by atoms with Crippen molar-refractivity contribution in [3.63, 3.8) is 0 Å². The van der Waals surface area contributed by atoms with Crippen molar-refractivity contribution in [1.29, 1.82) is 0 Å². The molecule has 1 unspecified atom stereocenters. The van der Waals surface area contributed by atoms with Crippen molar-refractivity contribution in [2.24, 2.45) is 7.05 Å². The van der Waals surface area contributed by atoms with E-state index in [0.29, 0.717) is 28.6 Å². The van der Waals surface area contributed by atoms with E-state index in [0.717, 1.165) is 49.0 Å². The first-order valence-electron chi connectivity index (χ1n) is 17.4. The summed E-state index contributed by atoms with van der Waals surface area (Å²) in [6, 6.07) is 8.92. The number of aromatic hydroxyl groups is 1. The highest BCUT2D eigenvalue weighted by Gasteiger charge is 2.38. The number of imide groups is 1. The second-order valence-electron chi connectivity index (χ2n) is 14.0. The molecule has 4 amide bonds. The molecule has 0 radical (unpaired) electrons. The van der Waals surface area contributed by atoms with Crippen molar-refractivity contribution in [2.75, 3.05) is 47.2 Å². The normalized spacial score (nSPS) is 20.9. The van der Waals surface area contributed by atoms with E-state index in [2.05, 4.69) is 20.4 Å². The van der Waals surface area contributed by atoms with Gasteiger partial charge in [0.25, 0.3) is 5.91 Å². The molecule has 4 N–H and O–H groups in total. The van der Waals surface area contributed by atoms with Gasteiger partial charge in [0.15, 0.2) is 5.82 Å². The number of carbonyl (C=O) groups excluding carboxylic acids is 4. The molecule has 0 aliphatic carbocycles. The summed E-state index contributed by atoms with van der Waals surface area (Å²) in [7, 11) is -2.62. The monoisotopic (exact) mass is 748 g/mol. The Morgan fingerprint density at radius 3 is 2.49 bits per heavy atom. The molecule has 0 spiro atoms. The highest BCUT2D eigenvalue weighted by atomic mass is 32.2. The number of benzene rings is 3. The third kappa shape index (κ3) is 5.94. The third-order valence-electron chi connectivity index (χ3n) is 10.7. The van der Waals surface area contributed by atoms with Crippen LogP contribution < -0.4 is 30.3 Å². The first kappa shape index (κ1) is 34.6. The summed E-state index contributed by atoms with van der Waals surface area (Å²) in [6.45, 7) is 1.67. The lowest BCUT2D eigenvalue weighted by atomic mass is 9.94. The molecule has 4 aliphatic rings. The van der Waals surface area contributed by atoms with Crippen molar-refractivity contribution < 1.29 is 37.1 Å². The number of aryl methyl sites for hydroxylation is 2. The van der Waals surface area contributed by atoms with Gasteiger partial charge in [0.1, 0.15) is 24.0 Å². The molecule has 3 aromatic carbocycles. The SMILES string of the molecule is Cn1c(=O)n(C2CCC(=O)NC2=O)c2ccc3c(c21)CCCN3C1CCN(CC(=O)Nc2ccc3c(F)c(N4CC(=O)NS4(=O)=O)c(O)cc3c2)CC1. The van der Waals surface area contributed by atoms with E-state index >= 15 is 4.39 Å². The summed E-state index contributed by atoms with van der Waals surface area (Å²) in [5.74, 6) is -3.61. The molecule has 1 aromatic heterocycles. The van der Waals surface area contributed by atoms with E-state index in [-0.39, 0.29) is 53.7 Å². The van der Waals surface area contributed by atoms with Gasteiger partial charge in [-0.1, -0.05) is 0 Å². The molecule has 0 saturated carbocycles. The van der Waals surface area contributed by atoms with Crippen LogP contribution in [0.5, 0.6) is 5.75 Å². The number of rotatable bonds is 6. The third-order valence-corrected chi connectivity index (χ3v) is 12.1. The van der Waals surface area contributed by atoms with E-state index in [1.54, 1.807) is 16.3 Å². The molecule has 1 atom stereocenters. The van der Waals surface area contributed by atoms with E-state index in [9.17, 15) is 37.5 Å². The van der Waals surface area contributed by atoms with Gasteiger partial charge < -0.3 is 15.3 Å². The van der Waals surface area contributed by atoms with Crippen LogP contribution in [0.1, 0.15) is 43.7 Å². The van der Waals surface area contributed by atoms with Gasteiger partial charge in [-0.05, 0) is 73.9 Å². The fraction of sp³-hybridized carbons (Fsp3) is 0.400. The van der Waals surface area contributed by atoms with Crippen molar-refractivity contribution in [3.8, 4) is 5.75 Å². The van der Waals surface area contributed by atoms with Crippen LogP contribution >= 0.6 is 0 Å². The smallest absolute Gasteiger partial charge is 0.329 e. The topological polar surface area (TPSA) is 195 Å². The van der Waals surface area contributed by atoms with Crippen LogP contribution in [0, 0.1) is 5.82 Å². The molecule has 18 heteroatoms. The number of phenols is 1. The van der Waals surface area contributed by atoms with Gasteiger partial charge in [0.2, 0.25) is 17.7 Å². The zero-order valence-corrected chi connectivity index (χ0v) is 29.5. The number of anilines is 3. The summed E-state index contributed by atoms with van der Waals surface area (Å²) in [6.07, 6.45) is 3.76. The van der Waals surface area contributed by atoms with Gasteiger partial charge in [0, 0.05) is 61.5 Å². The fourth-order valence-electron chi connectivity index (χ4n) is 8.30. The molecule has 8 rings (SSSR count). The number of halogens is 1. The number of hydrogen-bond acceptors (Lipinski definition) is 10. The van der Waals surface area contributed by atoms with Crippen LogP contribution in [0.25, 0.3) is 21.8 Å². The van der Waals surface area contributed by atoms with Crippen molar-refractivity contribution in [1.82, 2.24) is 24.1 Å². The molecule has 53 heavy (non-hydrogen) atoms. The lowest BCUT2D eigenvalue weighted by Gasteiger charge is -2.42. The van der Waals surface area contributed by atoms with Gasteiger partial charge in [-0.3, -0.25) is 38.5 Å². The maximum atomic E-state index is 15.5. The Bertz CT molecular complexity index is 2420. The zero-order valence-electron chi connectivity index (χ0n) is 28.7. The fourth-order valence-corrected chi connectivity index (χ4v) is 9.47. The largest absolute Gasteiger partial charge is 0.506 e. The van der Waals surface area contributed by atoms with E-state index in [1.165, 1.54) is 28.8 Å². The molecule has 3 fully saturated rings. The van der Waals surface area contributed by atoms with Crippen LogP contribution in [-0.4, -0.2) is 90.0 Å². The summed E-state index contributed by atoms with van der Waals surface area (Å²) >= 11 is 0. The Hall–Kier alpha value is -5.49. The second kappa shape index (κ2) is 12.9. The van der Waals surface area contributed by atoms with Gasteiger partial charge in [-0.25, -0.2) is 18.2 Å². The van der Waals surface area contributed by atoms with Gasteiger partial charge in [-0.15, -0.1) is 0 Å². The Morgan fingerprint density at radius 1 is 1.00 bits per heavy atom. The number of aromatic nitrogens is 2. The predicted molar refractivity (Wildman–Crippen MR) is 192 cm³/mol. The average Bonchev–Trinajstić information content (AvgIpc) is 3.53. The minimum Gasteiger partial charge on any atom is -0.506 e. The first-order valence-corrected chi connectivity index (χ1v) is 18.9. The molecule has 5 heterocycles. The molecular formula is C35H37FN8O8S. The van der Waals surface area contributed by atoms with Crippen LogP contribution in [0.15, 0.2) is 41.2 Å². The number of hydrogen-bond donors (Lipinski definition) is 4. The van der Waals surface area contributed by atoms with Gasteiger partial charge >= 0.3 is 15.9 Å². The average molecular weight is 749 g/mol. The Balaban J connectivity index is 0.931. The number of phenolic OH excluding ortho intramolecular Hbond substituents is 1. The molecule has 3 saturated heterocycles. The minimum absolute atomic E-state index is 0.00143. The van der Waals surface area contributed by atoms with Crippen LogP contribution in [0.3, 0.4) is 0 Å². The van der Waals surface area contributed by atoms with Crippen molar-refractivity contribution in [2.45, 2.75) is 50.6 Å². The lowest BCUT2D eigenvalue weighted by molar-refractivity contribution is -0.135. The number of piperidine rings is 2. The quantitative estimate of drug-likeness (QED) is 0.209. The van der Waals surface area contributed by atoms with Crippen molar-refractivity contribution >= 4 is 72.7 Å². The maximum absolute atomic E-state index is 15.5. The summed E-state index contributed by atoms with van der Waals surface area (Å²) in [5.41, 5.74) is 3.05. The van der Waals surface area contributed by atoms with Gasteiger partial charge in [-0.2, -0.15) is 8.42 Å². The molecular weight excluding hydrogens is 711 g/mol. The Labute approximate surface area is 302 Å². The second-order valence-corrected chi connectivity index (χ2v) is 15.6. The summed E-state index contributed by atoms with van der Waals surface area (Å²) in [4.78, 5) is 67.1. The highest BCUT2D eigenvalue weighted by molar-refractivity contribution is 7.92. The first-order chi connectivity index (χ1) is 25.3. The number of nitrogens with zero attached hydrogens (tertiary/aromatic N) is 5. The standard InChI is InChI=1S/C35H37FN8O8S/c1-40-32-23-3-2-12-42(24(23)6-7-25(32)44(35(40)50)26-8-9-28(46)38-34(26)49)21-10-13-41(14-11-21)17-29(47)37-20-4-5-22-19(15-20)16-27(45)33(31(22)36)43-18-30(48)39-53(43,51)52/h4-7,15-16,21,26,45H,2-3,8-14,17-18H2,1H3,(H,37,47)(H,39,48)(H,38,46,49).